The molecule has 106 valence electrons. The van der Waals surface area contributed by atoms with Crippen LogP contribution in [0.15, 0.2) is 28.8 Å². The maximum atomic E-state index is 5.45. The van der Waals surface area contributed by atoms with Crippen molar-refractivity contribution in [2.24, 2.45) is 0 Å². The van der Waals surface area contributed by atoms with E-state index in [1.807, 2.05) is 0 Å². The van der Waals surface area contributed by atoms with Gasteiger partial charge in [-0.2, -0.15) is 4.98 Å². The number of aromatic nitrogens is 2. The molecule has 1 aliphatic rings. The zero-order valence-corrected chi connectivity index (χ0v) is 12.1. The number of nitrogens with one attached hydrogen (secondary N) is 1. The Hall–Kier alpha value is -1.68. The Morgan fingerprint density at radius 3 is 3.10 bits per heavy atom. The van der Waals surface area contributed by atoms with Gasteiger partial charge in [-0.25, -0.2) is 0 Å². The van der Waals surface area contributed by atoms with Crippen LogP contribution in [0.1, 0.15) is 54.9 Å². The highest BCUT2D eigenvalue weighted by Gasteiger charge is 2.28. The van der Waals surface area contributed by atoms with Gasteiger partial charge in [-0.1, -0.05) is 43.3 Å². The minimum absolute atomic E-state index is 0.257. The van der Waals surface area contributed by atoms with E-state index in [1.54, 1.807) is 0 Å². The van der Waals surface area contributed by atoms with Gasteiger partial charge in [0.1, 0.15) is 0 Å². The second-order valence-corrected chi connectivity index (χ2v) is 5.49. The summed E-state index contributed by atoms with van der Waals surface area (Å²) >= 11 is 0. The summed E-state index contributed by atoms with van der Waals surface area (Å²) in [5.74, 6) is 2.14. The van der Waals surface area contributed by atoms with E-state index < -0.39 is 0 Å². The summed E-state index contributed by atoms with van der Waals surface area (Å²) in [5, 5.41) is 7.53. The lowest BCUT2D eigenvalue weighted by atomic mass is 10.0. The number of hydrogen-bond acceptors (Lipinski definition) is 4. The molecule has 1 aromatic carbocycles. The molecule has 4 nitrogen and oxygen atoms in total. The number of rotatable bonds is 5. The molecule has 0 amide bonds. The molecule has 1 N–H and O–H groups in total. The van der Waals surface area contributed by atoms with Gasteiger partial charge in [0.05, 0.1) is 0 Å². The molecule has 2 aromatic rings. The third kappa shape index (κ3) is 2.48. The van der Waals surface area contributed by atoms with Gasteiger partial charge >= 0.3 is 0 Å². The van der Waals surface area contributed by atoms with Crippen molar-refractivity contribution in [1.82, 2.24) is 15.5 Å². The summed E-state index contributed by atoms with van der Waals surface area (Å²) in [6.07, 6.45) is 2.19. The van der Waals surface area contributed by atoms with E-state index in [-0.39, 0.29) is 5.92 Å². The minimum Gasteiger partial charge on any atom is -0.339 e. The molecule has 0 radical (unpaired) electrons. The highest BCUT2D eigenvalue weighted by atomic mass is 16.5. The van der Waals surface area contributed by atoms with Gasteiger partial charge in [0.15, 0.2) is 5.82 Å². The second-order valence-electron chi connectivity index (χ2n) is 5.49. The lowest BCUT2D eigenvalue weighted by Crippen LogP contribution is -2.19. The monoisotopic (exact) mass is 271 g/mol. The van der Waals surface area contributed by atoms with Crippen LogP contribution in [-0.2, 0) is 6.42 Å². The van der Waals surface area contributed by atoms with Gasteiger partial charge in [0, 0.05) is 18.4 Å². The SMILES string of the molecule is CCNCC(C)c1nc(C2CCc3ccccc32)no1. The molecule has 0 saturated heterocycles. The molecule has 1 aliphatic carbocycles. The van der Waals surface area contributed by atoms with Crippen LogP contribution in [0.25, 0.3) is 0 Å². The van der Waals surface area contributed by atoms with Gasteiger partial charge in [-0.3, -0.25) is 0 Å². The highest BCUT2D eigenvalue weighted by molar-refractivity contribution is 5.38. The van der Waals surface area contributed by atoms with Gasteiger partial charge < -0.3 is 9.84 Å². The van der Waals surface area contributed by atoms with Crippen molar-refractivity contribution < 1.29 is 4.52 Å². The summed E-state index contributed by atoms with van der Waals surface area (Å²) in [6.45, 7) is 6.05. The van der Waals surface area contributed by atoms with Crippen LogP contribution < -0.4 is 5.32 Å². The smallest absolute Gasteiger partial charge is 0.230 e. The summed E-state index contributed by atoms with van der Waals surface area (Å²) in [5.41, 5.74) is 2.78. The van der Waals surface area contributed by atoms with E-state index in [2.05, 4.69) is 53.6 Å². The van der Waals surface area contributed by atoms with Gasteiger partial charge in [0.25, 0.3) is 0 Å². The fraction of sp³-hybridized carbons (Fsp3) is 0.500. The summed E-state index contributed by atoms with van der Waals surface area (Å²) in [4.78, 5) is 4.63. The normalized spacial score (nSPS) is 19.0. The standard InChI is InChI=1S/C16H21N3O/c1-3-17-10-11(2)16-18-15(19-20-16)14-9-8-12-6-4-5-7-13(12)14/h4-7,11,14,17H,3,8-10H2,1-2H3. The van der Waals surface area contributed by atoms with Crippen molar-refractivity contribution in [2.75, 3.05) is 13.1 Å². The number of fused-ring (bicyclic) bond motifs is 1. The minimum atomic E-state index is 0.257. The molecule has 1 heterocycles. The summed E-state index contributed by atoms with van der Waals surface area (Å²) in [7, 11) is 0. The van der Waals surface area contributed by atoms with Crippen LogP contribution in [0.5, 0.6) is 0 Å². The highest BCUT2D eigenvalue weighted by Crippen LogP contribution is 2.36. The molecule has 2 unspecified atom stereocenters. The molecule has 0 fully saturated rings. The Morgan fingerprint density at radius 1 is 1.40 bits per heavy atom. The van der Waals surface area contributed by atoms with E-state index >= 15 is 0 Å². The van der Waals surface area contributed by atoms with Crippen molar-refractivity contribution in [3.8, 4) is 0 Å². The molecular formula is C16H21N3O. The fourth-order valence-corrected chi connectivity index (χ4v) is 2.86. The van der Waals surface area contributed by atoms with Crippen molar-refractivity contribution in [2.45, 2.75) is 38.5 Å². The van der Waals surface area contributed by atoms with E-state index in [9.17, 15) is 0 Å². The average Bonchev–Trinajstić information content (AvgIpc) is 3.10. The van der Waals surface area contributed by atoms with Gasteiger partial charge in [-0.15, -0.1) is 0 Å². The van der Waals surface area contributed by atoms with E-state index in [1.165, 1.54) is 11.1 Å². The van der Waals surface area contributed by atoms with Gasteiger partial charge in [0.2, 0.25) is 5.89 Å². The number of hydrogen-bond donors (Lipinski definition) is 1. The molecule has 0 spiro atoms. The Bertz CT molecular complexity index is 579. The second kappa shape index (κ2) is 5.75. The van der Waals surface area contributed by atoms with E-state index in [4.69, 9.17) is 4.52 Å². The molecular weight excluding hydrogens is 250 g/mol. The first-order chi connectivity index (χ1) is 9.79. The molecule has 2 atom stereocenters. The van der Waals surface area contributed by atoms with E-state index in [0.29, 0.717) is 5.92 Å². The Kier molecular flexibility index (Phi) is 3.83. The Morgan fingerprint density at radius 2 is 2.25 bits per heavy atom. The molecule has 0 aliphatic heterocycles. The van der Waals surface area contributed by atoms with Crippen LogP contribution in [0.3, 0.4) is 0 Å². The van der Waals surface area contributed by atoms with E-state index in [0.717, 1.165) is 37.6 Å². The summed E-state index contributed by atoms with van der Waals surface area (Å²) in [6, 6.07) is 8.57. The maximum absolute atomic E-state index is 5.45. The quantitative estimate of drug-likeness (QED) is 0.908. The van der Waals surface area contributed by atoms with Crippen molar-refractivity contribution in [3.05, 3.63) is 47.1 Å². The molecule has 20 heavy (non-hydrogen) atoms. The predicted molar refractivity (Wildman–Crippen MR) is 77.9 cm³/mol. The van der Waals surface area contributed by atoms with Crippen LogP contribution in [0.4, 0.5) is 0 Å². The fourth-order valence-electron chi connectivity index (χ4n) is 2.86. The van der Waals surface area contributed by atoms with Crippen molar-refractivity contribution in [3.63, 3.8) is 0 Å². The molecule has 0 saturated carbocycles. The largest absolute Gasteiger partial charge is 0.339 e. The number of benzene rings is 1. The first-order valence-corrected chi connectivity index (χ1v) is 7.41. The predicted octanol–water partition coefficient (Wildman–Crippen LogP) is 2.86. The zero-order valence-electron chi connectivity index (χ0n) is 12.1. The Balaban J connectivity index is 1.78. The first kappa shape index (κ1) is 13.3. The molecule has 0 bridgehead atoms. The maximum Gasteiger partial charge on any atom is 0.230 e. The topological polar surface area (TPSA) is 51.0 Å². The average molecular weight is 271 g/mol. The molecule has 1 aromatic heterocycles. The lowest BCUT2D eigenvalue weighted by molar-refractivity contribution is 0.350. The van der Waals surface area contributed by atoms with Crippen LogP contribution in [0, 0.1) is 0 Å². The third-order valence-corrected chi connectivity index (χ3v) is 4.02. The van der Waals surface area contributed by atoms with Crippen molar-refractivity contribution >= 4 is 0 Å². The molecule has 4 heteroatoms. The Labute approximate surface area is 119 Å². The summed E-state index contributed by atoms with van der Waals surface area (Å²) < 4.78 is 5.45. The van der Waals surface area contributed by atoms with Crippen LogP contribution >= 0.6 is 0 Å². The first-order valence-electron chi connectivity index (χ1n) is 7.41. The number of likely N-dealkylation sites (N-methyl/N-ethyl adjacent to an activating group) is 1. The third-order valence-electron chi connectivity index (χ3n) is 4.02. The van der Waals surface area contributed by atoms with Crippen LogP contribution in [-0.4, -0.2) is 23.2 Å². The van der Waals surface area contributed by atoms with Gasteiger partial charge in [-0.05, 0) is 30.5 Å². The number of aryl methyl sites for hydroxylation is 1. The lowest BCUT2D eigenvalue weighted by Gasteiger charge is -2.07. The van der Waals surface area contributed by atoms with Crippen LogP contribution in [0.2, 0.25) is 0 Å². The zero-order chi connectivity index (χ0) is 13.9. The van der Waals surface area contributed by atoms with Crippen molar-refractivity contribution in [1.29, 1.82) is 0 Å². The molecule has 3 rings (SSSR count). The number of nitrogens with zero attached hydrogens (tertiary/aromatic N) is 2.